The third-order valence-corrected chi connectivity index (χ3v) is 8.17. The van der Waals surface area contributed by atoms with E-state index >= 15 is 0 Å². The van der Waals surface area contributed by atoms with Crippen molar-refractivity contribution in [2.24, 2.45) is 0 Å². The number of ketones is 2. The number of allylic oxidation sites excluding steroid dienone is 3. The van der Waals surface area contributed by atoms with Crippen LogP contribution >= 0.6 is 23.2 Å². The quantitative estimate of drug-likeness (QED) is 0.335. The number of rotatable bonds is 0. The monoisotopic (exact) mass is 494 g/mol. The highest BCUT2D eigenvalue weighted by atomic mass is 35.5. The Balaban J connectivity index is 2.28. The Hall–Kier alpha value is -1.82. The Morgan fingerprint density at radius 3 is 2.39 bits per heavy atom. The van der Waals surface area contributed by atoms with E-state index in [1.54, 1.807) is 0 Å². The van der Waals surface area contributed by atoms with Crippen molar-refractivity contribution < 1.29 is 24.5 Å². The van der Waals surface area contributed by atoms with Crippen molar-refractivity contribution in [2.45, 2.75) is 88.7 Å². The molecule has 1 heterocycles. The third kappa shape index (κ3) is 4.48. The number of aromatic hydroxyl groups is 1. The minimum atomic E-state index is -2.19. The van der Waals surface area contributed by atoms with Gasteiger partial charge in [-0.3, -0.25) is 9.59 Å². The van der Waals surface area contributed by atoms with Gasteiger partial charge in [-0.1, -0.05) is 22.8 Å². The van der Waals surface area contributed by atoms with E-state index in [1.807, 2.05) is 34.6 Å². The van der Waals surface area contributed by atoms with Crippen molar-refractivity contribution >= 4 is 34.8 Å². The summed E-state index contributed by atoms with van der Waals surface area (Å²) in [4.78, 5) is 25.1. The average Bonchev–Trinajstić information content (AvgIpc) is 2.71. The van der Waals surface area contributed by atoms with Crippen molar-refractivity contribution in [2.75, 3.05) is 0 Å². The molecule has 7 heteroatoms. The molecule has 1 aromatic rings. The Labute approximate surface area is 205 Å². The fourth-order valence-corrected chi connectivity index (χ4v) is 4.81. The first-order valence-corrected chi connectivity index (χ1v) is 11.9. The van der Waals surface area contributed by atoms with E-state index in [9.17, 15) is 19.8 Å². The summed E-state index contributed by atoms with van der Waals surface area (Å²) in [6.07, 6.45) is 3.88. The molecule has 0 fully saturated rings. The van der Waals surface area contributed by atoms with Gasteiger partial charge in [-0.2, -0.15) is 0 Å². The Kier molecular flexibility index (Phi) is 6.84. The fraction of sp³-hybridized carbons (Fsp3) is 0.538. The number of phenols is 1. The minimum absolute atomic E-state index is 0.0986. The molecule has 0 radical (unpaired) electrons. The second-order valence-corrected chi connectivity index (χ2v) is 11.4. The van der Waals surface area contributed by atoms with Crippen LogP contribution in [0.3, 0.4) is 0 Å². The molecule has 3 bridgehead atoms. The van der Waals surface area contributed by atoms with Gasteiger partial charge >= 0.3 is 0 Å². The van der Waals surface area contributed by atoms with Crippen molar-refractivity contribution in [1.29, 1.82) is 0 Å². The molecule has 180 valence electrons. The second-order valence-electron chi connectivity index (χ2n) is 10.1. The lowest BCUT2D eigenvalue weighted by molar-refractivity contribution is 0.00869. The second kappa shape index (κ2) is 8.75. The van der Waals surface area contributed by atoms with Crippen molar-refractivity contribution in [3.8, 4) is 11.5 Å². The minimum Gasteiger partial charge on any atom is -0.507 e. The molecule has 0 spiro atoms. The van der Waals surface area contributed by atoms with Crippen molar-refractivity contribution in [1.82, 2.24) is 0 Å². The van der Waals surface area contributed by atoms with Gasteiger partial charge in [-0.25, -0.2) is 0 Å². The largest absolute Gasteiger partial charge is 0.507 e. The number of benzene rings is 1. The zero-order valence-corrected chi connectivity index (χ0v) is 21.5. The van der Waals surface area contributed by atoms with Crippen LogP contribution in [0.5, 0.6) is 11.5 Å². The number of Topliss-reactive ketones (excluding diaryl/α,β-unsaturated/α-hetero) is 2. The highest BCUT2D eigenvalue weighted by Gasteiger charge is 2.61. The van der Waals surface area contributed by atoms with Crippen LogP contribution in [-0.4, -0.2) is 43.2 Å². The molecule has 2 N–H and O–H groups in total. The summed E-state index contributed by atoms with van der Waals surface area (Å²) in [6.45, 7) is 10.8. The van der Waals surface area contributed by atoms with E-state index < -0.39 is 33.4 Å². The number of alkyl halides is 2. The molecule has 3 rings (SSSR count). The molecular formula is C26H32Cl2O5. The predicted molar refractivity (Wildman–Crippen MR) is 131 cm³/mol. The van der Waals surface area contributed by atoms with Crippen LogP contribution in [0, 0.1) is 0 Å². The average molecular weight is 495 g/mol. The van der Waals surface area contributed by atoms with Gasteiger partial charge in [0.2, 0.25) is 0 Å². The smallest absolute Gasteiger partial charge is 0.197 e. The van der Waals surface area contributed by atoms with Crippen LogP contribution in [0.1, 0.15) is 87.9 Å². The molecule has 1 aliphatic heterocycles. The Morgan fingerprint density at radius 1 is 1.15 bits per heavy atom. The molecule has 0 unspecified atom stereocenters. The third-order valence-electron chi connectivity index (χ3n) is 6.94. The number of halogens is 2. The van der Waals surface area contributed by atoms with E-state index in [2.05, 4.69) is 6.08 Å². The van der Waals surface area contributed by atoms with Crippen LogP contribution in [0.4, 0.5) is 0 Å². The summed E-state index contributed by atoms with van der Waals surface area (Å²) in [5.74, 6) is -1.65. The maximum Gasteiger partial charge on any atom is 0.197 e. The molecule has 0 saturated heterocycles. The molecular weight excluding hydrogens is 463 g/mol. The number of carbonyl (C=O) groups is 2. The van der Waals surface area contributed by atoms with Crippen molar-refractivity contribution in [3.63, 3.8) is 0 Å². The maximum atomic E-state index is 13.7. The van der Waals surface area contributed by atoms with E-state index in [1.165, 1.54) is 19.1 Å². The van der Waals surface area contributed by atoms with Gasteiger partial charge in [0, 0.05) is 18.1 Å². The molecule has 0 amide bonds. The number of aliphatic hydroxyl groups is 1. The molecule has 1 aliphatic carbocycles. The SMILES string of the molecule is CC(C)=C1C/C=C(\C)CC[C@@H](Cl)C(C)(C)Oc2cc(O)c3c(c2)C(=O)[C@@](O)(C1)[C@@](C)(Cl)C3=O. The van der Waals surface area contributed by atoms with Gasteiger partial charge in [0.05, 0.1) is 10.9 Å². The molecule has 2 aliphatic rings. The highest BCUT2D eigenvalue weighted by molar-refractivity contribution is 6.44. The number of carbonyl (C=O) groups excluding carboxylic acids is 2. The standard InChI is InChI=1S/C26H32Cl2O5/c1-14(2)16-9-7-15(3)8-10-20(27)24(4,5)33-17-11-18-21(19(29)12-17)23(31)25(6,28)26(32,13-16)22(18)30/h7,11-12,20,29,32H,8-10,13H2,1-6H3/b15-7+/t20-,25+,26+/m1/s1. The molecule has 33 heavy (non-hydrogen) atoms. The summed E-state index contributed by atoms with van der Waals surface area (Å²) >= 11 is 13.3. The van der Waals surface area contributed by atoms with Gasteiger partial charge in [0.25, 0.3) is 0 Å². The molecule has 1 aromatic carbocycles. The molecule has 5 nitrogen and oxygen atoms in total. The van der Waals surface area contributed by atoms with Crippen LogP contribution in [0.15, 0.2) is 34.9 Å². The number of ether oxygens (including phenoxy) is 1. The maximum absolute atomic E-state index is 13.7. The zero-order valence-electron chi connectivity index (χ0n) is 20.0. The van der Waals surface area contributed by atoms with Gasteiger partial charge in [-0.05, 0) is 66.9 Å². The summed E-state index contributed by atoms with van der Waals surface area (Å²) in [6, 6.07) is 2.68. The van der Waals surface area contributed by atoms with Gasteiger partial charge < -0.3 is 14.9 Å². The highest BCUT2D eigenvalue weighted by Crippen LogP contribution is 2.48. The van der Waals surface area contributed by atoms with Crippen LogP contribution in [0.25, 0.3) is 0 Å². The Bertz CT molecular complexity index is 1060. The van der Waals surface area contributed by atoms with E-state index in [-0.39, 0.29) is 28.7 Å². The number of hydrogen-bond acceptors (Lipinski definition) is 5. The summed E-state index contributed by atoms with van der Waals surface area (Å²) in [5.41, 5.74) is -0.442. The van der Waals surface area contributed by atoms with Gasteiger partial charge in [0.1, 0.15) is 22.0 Å². The lowest BCUT2D eigenvalue weighted by atomic mass is 9.67. The van der Waals surface area contributed by atoms with E-state index in [0.717, 1.165) is 23.1 Å². The number of fused-ring (bicyclic) bond motifs is 2. The summed E-state index contributed by atoms with van der Waals surface area (Å²) in [7, 11) is 0. The topological polar surface area (TPSA) is 83.8 Å². The van der Waals surface area contributed by atoms with Crippen LogP contribution < -0.4 is 4.74 Å². The lowest BCUT2D eigenvalue weighted by Gasteiger charge is -2.43. The molecule has 0 aromatic heterocycles. The molecule has 3 atom stereocenters. The lowest BCUT2D eigenvalue weighted by Crippen LogP contribution is -2.62. The normalized spacial score (nSPS) is 31.8. The van der Waals surface area contributed by atoms with Crippen LogP contribution in [-0.2, 0) is 0 Å². The van der Waals surface area contributed by atoms with Crippen LogP contribution in [0.2, 0.25) is 0 Å². The Morgan fingerprint density at radius 2 is 1.79 bits per heavy atom. The van der Waals surface area contributed by atoms with E-state index in [0.29, 0.717) is 12.8 Å². The summed E-state index contributed by atoms with van der Waals surface area (Å²) in [5, 5.41) is 22.0. The van der Waals surface area contributed by atoms with Gasteiger partial charge in [0.15, 0.2) is 17.2 Å². The molecule has 0 saturated carbocycles. The first kappa shape index (κ1) is 25.8. The fourth-order valence-electron chi connectivity index (χ4n) is 4.41. The zero-order chi connectivity index (χ0) is 24.9. The van der Waals surface area contributed by atoms with E-state index in [4.69, 9.17) is 27.9 Å². The summed E-state index contributed by atoms with van der Waals surface area (Å²) < 4.78 is 6.09. The first-order valence-electron chi connectivity index (χ1n) is 11.1. The van der Waals surface area contributed by atoms with Gasteiger partial charge in [-0.15, -0.1) is 23.2 Å². The number of phenolic OH excluding ortho intramolecular Hbond substituents is 1. The first-order chi connectivity index (χ1) is 15.1. The predicted octanol–water partition coefficient (Wildman–Crippen LogP) is 6.12. The number of hydrogen-bond donors (Lipinski definition) is 2. The van der Waals surface area contributed by atoms with Crippen molar-refractivity contribution in [3.05, 3.63) is 46.1 Å².